The summed E-state index contributed by atoms with van der Waals surface area (Å²) in [5.41, 5.74) is 0.907. The fraction of sp³-hybridized carbons (Fsp3) is 0.200. The molecule has 4 aromatic carbocycles. The Balaban J connectivity index is 2.11. The van der Waals surface area contributed by atoms with Crippen molar-refractivity contribution < 1.29 is 13.2 Å². The highest BCUT2D eigenvalue weighted by Gasteiger charge is 2.28. The van der Waals surface area contributed by atoms with Gasteiger partial charge in [0.25, 0.3) is 0 Å². The zero-order valence-electron chi connectivity index (χ0n) is 16.7. The van der Waals surface area contributed by atoms with E-state index in [0.717, 1.165) is 34.6 Å². The molecule has 0 unspecified atom stereocenters. The van der Waals surface area contributed by atoms with Crippen LogP contribution in [0.2, 0.25) is 0 Å². The van der Waals surface area contributed by atoms with Crippen LogP contribution in [0.3, 0.4) is 0 Å². The number of fused-ring (bicyclic) bond motifs is 3. The molecule has 148 valence electrons. The van der Waals surface area contributed by atoms with Crippen molar-refractivity contribution in [2.75, 3.05) is 6.61 Å². The molecule has 0 saturated heterocycles. The molecule has 4 rings (SSSR count). The van der Waals surface area contributed by atoms with Crippen molar-refractivity contribution >= 4 is 31.4 Å². The average molecular weight is 405 g/mol. The molecule has 4 aromatic rings. The SMILES string of the molecule is CCCCOc1c(S(=O)(=O)c2cccc(C)c2)c2ccccc2c2ccccc12. The molecule has 4 heteroatoms. The van der Waals surface area contributed by atoms with Gasteiger partial charge in [-0.3, -0.25) is 0 Å². The van der Waals surface area contributed by atoms with Gasteiger partial charge in [0.1, 0.15) is 10.6 Å². The zero-order chi connectivity index (χ0) is 20.4. The summed E-state index contributed by atoms with van der Waals surface area (Å²) < 4.78 is 33.8. The maximum absolute atomic E-state index is 13.8. The van der Waals surface area contributed by atoms with Crippen molar-refractivity contribution in [3.05, 3.63) is 78.4 Å². The number of hydrogen-bond donors (Lipinski definition) is 0. The second-order valence-corrected chi connectivity index (χ2v) is 9.16. The van der Waals surface area contributed by atoms with Crippen LogP contribution < -0.4 is 4.74 Å². The quantitative estimate of drug-likeness (QED) is 0.279. The fourth-order valence-electron chi connectivity index (χ4n) is 3.71. The Bertz CT molecular complexity index is 1290. The van der Waals surface area contributed by atoms with Crippen LogP contribution in [0, 0.1) is 6.92 Å². The minimum Gasteiger partial charge on any atom is -0.492 e. The smallest absolute Gasteiger partial charge is 0.210 e. The lowest BCUT2D eigenvalue weighted by molar-refractivity contribution is 0.306. The van der Waals surface area contributed by atoms with Gasteiger partial charge in [0, 0.05) is 10.8 Å². The van der Waals surface area contributed by atoms with Gasteiger partial charge in [-0.1, -0.05) is 74.0 Å². The molecule has 0 bridgehead atoms. The van der Waals surface area contributed by atoms with Crippen molar-refractivity contribution in [3.63, 3.8) is 0 Å². The first-order chi connectivity index (χ1) is 14.0. The number of ether oxygens (including phenoxy) is 1. The summed E-state index contributed by atoms with van der Waals surface area (Å²) >= 11 is 0. The van der Waals surface area contributed by atoms with Crippen molar-refractivity contribution in [1.82, 2.24) is 0 Å². The van der Waals surface area contributed by atoms with E-state index < -0.39 is 9.84 Å². The van der Waals surface area contributed by atoms with Crippen molar-refractivity contribution in [2.45, 2.75) is 36.5 Å². The lowest BCUT2D eigenvalue weighted by atomic mass is 10.0. The summed E-state index contributed by atoms with van der Waals surface area (Å²) in [5.74, 6) is 0.453. The van der Waals surface area contributed by atoms with Crippen LogP contribution in [-0.4, -0.2) is 15.0 Å². The fourth-order valence-corrected chi connectivity index (χ4v) is 5.42. The first-order valence-corrected chi connectivity index (χ1v) is 11.4. The van der Waals surface area contributed by atoms with E-state index >= 15 is 0 Å². The monoisotopic (exact) mass is 404 g/mol. The highest BCUT2D eigenvalue weighted by Crippen LogP contribution is 2.43. The zero-order valence-corrected chi connectivity index (χ0v) is 17.5. The molecule has 0 N–H and O–H groups in total. The predicted molar refractivity (Wildman–Crippen MR) is 118 cm³/mol. The largest absolute Gasteiger partial charge is 0.492 e. The first kappa shape index (κ1) is 19.5. The number of rotatable bonds is 6. The Morgan fingerprint density at radius 2 is 1.41 bits per heavy atom. The number of aryl methyl sites for hydroxylation is 1. The third kappa shape index (κ3) is 3.49. The Hall–Kier alpha value is -2.85. The van der Waals surface area contributed by atoms with E-state index in [-0.39, 0.29) is 4.90 Å². The number of sulfone groups is 1. The molecule has 0 aliphatic heterocycles. The summed E-state index contributed by atoms with van der Waals surface area (Å²) in [5, 5.41) is 3.43. The normalized spacial score (nSPS) is 11.8. The predicted octanol–water partition coefficient (Wildman–Crippen LogP) is 6.31. The summed E-state index contributed by atoms with van der Waals surface area (Å²) in [6, 6.07) is 22.6. The first-order valence-electron chi connectivity index (χ1n) is 9.92. The van der Waals surface area contributed by atoms with Gasteiger partial charge in [0.15, 0.2) is 0 Å². The Kier molecular flexibility index (Phi) is 5.29. The van der Waals surface area contributed by atoms with Gasteiger partial charge in [-0.2, -0.15) is 0 Å². The molecule has 0 aliphatic carbocycles. The second kappa shape index (κ2) is 7.88. The standard InChI is InChI=1S/C25H24O3S/c1-3-4-16-28-24-22-14-7-5-12-20(22)21-13-6-8-15-23(21)25(24)29(26,27)19-11-9-10-18(2)17-19/h5-15,17H,3-4,16H2,1-2H3. The molecule has 0 saturated carbocycles. The van der Waals surface area contributed by atoms with Gasteiger partial charge in [0.2, 0.25) is 9.84 Å². The van der Waals surface area contributed by atoms with Crippen LogP contribution >= 0.6 is 0 Å². The minimum absolute atomic E-state index is 0.258. The summed E-state index contributed by atoms with van der Waals surface area (Å²) in [7, 11) is -3.77. The molecule has 0 atom stereocenters. The number of hydrogen-bond acceptors (Lipinski definition) is 3. The third-order valence-corrected chi connectivity index (χ3v) is 6.97. The molecular weight excluding hydrogens is 380 g/mol. The molecule has 3 nitrogen and oxygen atoms in total. The molecular formula is C25H24O3S. The maximum Gasteiger partial charge on any atom is 0.210 e. The molecule has 0 aromatic heterocycles. The minimum atomic E-state index is -3.77. The molecule has 29 heavy (non-hydrogen) atoms. The van der Waals surface area contributed by atoms with Crippen LogP contribution in [0.5, 0.6) is 5.75 Å². The summed E-state index contributed by atoms with van der Waals surface area (Å²) in [6.45, 7) is 4.47. The van der Waals surface area contributed by atoms with Gasteiger partial charge >= 0.3 is 0 Å². The van der Waals surface area contributed by atoms with E-state index in [9.17, 15) is 8.42 Å². The van der Waals surface area contributed by atoms with Crippen LogP contribution in [-0.2, 0) is 9.84 Å². The molecule has 0 amide bonds. The Labute approximate surface area is 171 Å². The van der Waals surface area contributed by atoms with E-state index in [2.05, 4.69) is 6.92 Å². The van der Waals surface area contributed by atoms with E-state index in [1.165, 1.54) is 0 Å². The molecule has 0 aliphatic rings. The van der Waals surface area contributed by atoms with Gasteiger partial charge in [-0.05, 0) is 41.8 Å². The lowest BCUT2D eigenvalue weighted by Crippen LogP contribution is -2.08. The number of benzene rings is 4. The van der Waals surface area contributed by atoms with E-state index in [4.69, 9.17) is 4.74 Å². The number of unbranched alkanes of at least 4 members (excludes halogenated alkanes) is 1. The van der Waals surface area contributed by atoms with Gasteiger partial charge in [-0.15, -0.1) is 0 Å². The van der Waals surface area contributed by atoms with Gasteiger partial charge in [-0.25, -0.2) is 8.42 Å². The average Bonchev–Trinajstić information content (AvgIpc) is 2.73. The Morgan fingerprint density at radius 1 is 0.793 bits per heavy atom. The van der Waals surface area contributed by atoms with Crippen LogP contribution in [0.1, 0.15) is 25.3 Å². The van der Waals surface area contributed by atoms with Crippen molar-refractivity contribution in [2.24, 2.45) is 0 Å². The van der Waals surface area contributed by atoms with E-state index in [1.807, 2.05) is 61.5 Å². The summed E-state index contributed by atoms with van der Waals surface area (Å²) in [4.78, 5) is 0.548. The highest BCUT2D eigenvalue weighted by atomic mass is 32.2. The van der Waals surface area contributed by atoms with Gasteiger partial charge < -0.3 is 4.74 Å². The van der Waals surface area contributed by atoms with E-state index in [0.29, 0.717) is 22.6 Å². The molecule has 0 spiro atoms. The van der Waals surface area contributed by atoms with Crippen LogP contribution in [0.25, 0.3) is 21.5 Å². The topological polar surface area (TPSA) is 43.4 Å². The Morgan fingerprint density at radius 3 is 2.07 bits per heavy atom. The third-order valence-electron chi connectivity index (χ3n) is 5.15. The van der Waals surface area contributed by atoms with Crippen LogP contribution in [0.15, 0.2) is 82.6 Å². The highest BCUT2D eigenvalue weighted by molar-refractivity contribution is 7.91. The van der Waals surface area contributed by atoms with Crippen molar-refractivity contribution in [3.8, 4) is 5.75 Å². The van der Waals surface area contributed by atoms with E-state index in [1.54, 1.807) is 18.2 Å². The second-order valence-electron chi connectivity index (χ2n) is 7.27. The van der Waals surface area contributed by atoms with Crippen molar-refractivity contribution in [1.29, 1.82) is 0 Å². The molecule has 0 radical (unpaired) electrons. The molecule has 0 fully saturated rings. The van der Waals surface area contributed by atoms with Crippen LogP contribution in [0.4, 0.5) is 0 Å². The molecule has 0 heterocycles. The maximum atomic E-state index is 13.8. The van der Waals surface area contributed by atoms with Gasteiger partial charge in [0.05, 0.1) is 11.5 Å². The lowest BCUT2D eigenvalue weighted by Gasteiger charge is -2.18. The summed E-state index contributed by atoms with van der Waals surface area (Å²) in [6.07, 6.45) is 1.84.